The van der Waals surface area contributed by atoms with Crippen molar-refractivity contribution in [3.05, 3.63) is 42.2 Å². The lowest BCUT2D eigenvalue weighted by Crippen LogP contribution is -2.27. The van der Waals surface area contributed by atoms with Crippen molar-refractivity contribution in [2.75, 3.05) is 27.3 Å². The third-order valence-electron chi connectivity index (χ3n) is 4.34. The van der Waals surface area contributed by atoms with Gasteiger partial charge in [-0.2, -0.15) is 5.10 Å². The minimum absolute atomic E-state index is 0.389. The highest BCUT2D eigenvalue weighted by Gasteiger charge is 2.28. The molecule has 2 heterocycles. The number of hydrogen-bond acceptors (Lipinski definition) is 4. The van der Waals surface area contributed by atoms with Crippen LogP contribution in [0.15, 0.2) is 36.7 Å². The average molecular weight is 301 g/mol. The Labute approximate surface area is 131 Å². The van der Waals surface area contributed by atoms with Crippen molar-refractivity contribution in [2.24, 2.45) is 0 Å². The van der Waals surface area contributed by atoms with Crippen LogP contribution in [-0.4, -0.2) is 42.0 Å². The summed E-state index contributed by atoms with van der Waals surface area (Å²) in [5, 5.41) is 4.28. The number of nitrogens with zero attached hydrogens (tertiary/aromatic N) is 3. The predicted molar refractivity (Wildman–Crippen MR) is 85.3 cm³/mol. The van der Waals surface area contributed by atoms with E-state index in [9.17, 15) is 0 Å². The van der Waals surface area contributed by atoms with Gasteiger partial charge in [-0.25, -0.2) is 0 Å². The normalized spacial score (nSPS) is 18.5. The molecular formula is C17H23N3O2. The van der Waals surface area contributed by atoms with Crippen LogP contribution in [0.4, 0.5) is 0 Å². The fraction of sp³-hybridized carbons (Fsp3) is 0.471. The molecule has 5 nitrogen and oxygen atoms in total. The Hall–Kier alpha value is -2.01. The molecule has 0 radical (unpaired) electrons. The maximum absolute atomic E-state index is 5.56. The van der Waals surface area contributed by atoms with Gasteiger partial charge >= 0.3 is 0 Å². The van der Waals surface area contributed by atoms with E-state index in [1.807, 2.05) is 35.3 Å². The predicted octanol–water partition coefficient (Wildman–Crippen LogP) is 2.74. The first-order valence-electron chi connectivity index (χ1n) is 7.75. The summed E-state index contributed by atoms with van der Waals surface area (Å²) in [6, 6.07) is 8.41. The first-order valence-corrected chi connectivity index (χ1v) is 7.75. The number of methoxy groups -OCH3 is 2. The molecule has 0 saturated carbocycles. The van der Waals surface area contributed by atoms with E-state index in [-0.39, 0.29) is 0 Å². The van der Waals surface area contributed by atoms with E-state index in [1.165, 1.54) is 12.0 Å². The van der Waals surface area contributed by atoms with Crippen LogP contribution in [0.3, 0.4) is 0 Å². The molecule has 3 rings (SSSR count). The number of aromatic nitrogens is 2. The molecular weight excluding hydrogens is 278 g/mol. The second-order valence-electron chi connectivity index (χ2n) is 5.57. The van der Waals surface area contributed by atoms with Gasteiger partial charge in [-0.05, 0) is 43.7 Å². The number of hydrogen-bond donors (Lipinski definition) is 0. The molecule has 1 aliphatic rings. The van der Waals surface area contributed by atoms with Crippen molar-refractivity contribution in [3.63, 3.8) is 0 Å². The fourth-order valence-corrected chi connectivity index (χ4v) is 3.21. The van der Waals surface area contributed by atoms with E-state index in [0.717, 1.165) is 37.6 Å². The molecule has 0 N–H and O–H groups in total. The summed E-state index contributed by atoms with van der Waals surface area (Å²) in [6.45, 7) is 3.02. The van der Waals surface area contributed by atoms with Crippen LogP contribution in [0.1, 0.15) is 24.4 Å². The summed E-state index contributed by atoms with van der Waals surface area (Å²) in [4.78, 5) is 2.51. The van der Waals surface area contributed by atoms with Gasteiger partial charge in [-0.15, -0.1) is 0 Å². The van der Waals surface area contributed by atoms with E-state index in [0.29, 0.717) is 6.04 Å². The molecule has 1 fully saturated rings. The highest BCUT2D eigenvalue weighted by Crippen LogP contribution is 2.38. The molecule has 0 bridgehead atoms. The Balaban J connectivity index is 1.77. The van der Waals surface area contributed by atoms with E-state index >= 15 is 0 Å². The van der Waals surface area contributed by atoms with Crippen LogP contribution in [0, 0.1) is 0 Å². The molecule has 22 heavy (non-hydrogen) atoms. The second-order valence-corrected chi connectivity index (χ2v) is 5.57. The van der Waals surface area contributed by atoms with Crippen molar-refractivity contribution in [2.45, 2.75) is 25.4 Å². The summed E-state index contributed by atoms with van der Waals surface area (Å²) >= 11 is 0. The van der Waals surface area contributed by atoms with Gasteiger partial charge in [0.25, 0.3) is 0 Å². The average Bonchev–Trinajstić information content (AvgIpc) is 3.23. The van der Waals surface area contributed by atoms with E-state index in [1.54, 1.807) is 14.2 Å². The summed E-state index contributed by atoms with van der Waals surface area (Å²) in [5.41, 5.74) is 1.22. The van der Waals surface area contributed by atoms with E-state index in [2.05, 4.69) is 16.1 Å². The molecule has 0 spiro atoms. The zero-order chi connectivity index (χ0) is 15.4. The third kappa shape index (κ3) is 3.09. The van der Waals surface area contributed by atoms with Crippen molar-refractivity contribution < 1.29 is 9.47 Å². The molecule has 1 aromatic heterocycles. The highest BCUT2D eigenvalue weighted by molar-refractivity contribution is 5.42. The lowest BCUT2D eigenvalue weighted by atomic mass is 10.0. The van der Waals surface area contributed by atoms with Crippen molar-refractivity contribution in [3.8, 4) is 11.5 Å². The molecule has 0 amide bonds. The summed E-state index contributed by atoms with van der Waals surface area (Å²) in [5.74, 6) is 1.83. The first-order chi connectivity index (χ1) is 10.8. The molecule has 1 aliphatic heterocycles. The summed E-state index contributed by atoms with van der Waals surface area (Å²) in [6.07, 6.45) is 6.20. The van der Waals surface area contributed by atoms with Crippen LogP contribution >= 0.6 is 0 Å². The molecule has 1 unspecified atom stereocenters. The number of ether oxygens (including phenoxy) is 2. The Morgan fingerprint density at radius 1 is 1.23 bits per heavy atom. The van der Waals surface area contributed by atoms with Crippen LogP contribution < -0.4 is 9.47 Å². The maximum atomic E-state index is 5.56. The van der Waals surface area contributed by atoms with Gasteiger partial charge in [0.1, 0.15) is 11.5 Å². The molecule has 5 heteroatoms. The lowest BCUT2D eigenvalue weighted by molar-refractivity contribution is 0.237. The quantitative estimate of drug-likeness (QED) is 0.822. The largest absolute Gasteiger partial charge is 0.497 e. The van der Waals surface area contributed by atoms with E-state index in [4.69, 9.17) is 9.47 Å². The lowest BCUT2D eigenvalue weighted by Gasteiger charge is -2.26. The van der Waals surface area contributed by atoms with Gasteiger partial charge in [0.15, 0.2) is 0 Å². The van der Waals surface area contributed by atoms with Gasteiger partial charge in [0.05, 0.1) is 20.8 Å². The zero-order valence-corrected chi connectivity index (χ0v) is 13.2. The SMILES string of the molecule is COc1ccc(OC)c(C2CCCN2CCn2cccn2)c1. The van der Waals surface area contributed by atoms with Crippen molar-refractivity contribution >= 4 is 0 Å². The Bertz CT molecular complexity index is 598. The van der Waals surface area contributed by atoms with Crippen LogP contribution in [0.5, 0.6) is 11.5 Å². The smallest absolute Gasteiger partial charge is 0.123 e. The molecule has 1 saturated heterocycles. The Kier molecular flexibility index (Phi) is 4.63. The van der Waals surface area contributed by atoms with Crippen molar-refractivity contribution in [1.82, 2.24) is 14.7 Å². The molecule has 1 atom stereocenters. The Morgan fingerprint density at radius 3 is 2.86 bits per heavy atom. The number of rotatable bonds is 6. The number of benzene rings is 1. The summed E-state index contributed by atoms with van der Waals surface area (Å²) < 4.78 is 12.9. The molecule has 0 aliphatic carbocycles. The summed E-state index contributed by atoms with van der Waals surface area (Å²) in [7, 11) is 3.43. The molecule has 118 valence electrons. The van der Waals surface area contributed by atoms with Gasteiger partial charge < -0.3 is 9.47 Å². The van der Waals surface area contributed by atoms with Gasteiger partial charge in [-0.1, -0.05) is 0 Å². The standard InChI is InChI=1S/C17H23N3O2/c1-21-14-6-7-17(22-2)15(13-14)16-5-3-9-19(16)11-12-20-10-4-8-18-20/h4,6-8,10,13,16H,3,5,9,11-12H2,1-2H3. The van der Waals surface area contributed by atoms with Crippen molar-refractivity contribution in [1.29, 1.82) is 0 Å². The first kappa shape index (κ1) is 14.9. The Morgan fingerprint density at radius 2 is 2.14 bits per heavy atom. The van der Waals surface area contributed by atoms with Crippen LogP contribution in [-0.2, 0) is 6.54 Å². The van der Waals surface area contributed by atoms with E-state index < -0.39 is 0 Å². The van der Waals surface area contributed by atoms with Gasteiger partial charge in [0.2, 0.25) is 0 Å². The monoisotopic (exact) mass is 301 g/mol. The van der Waals surface area contributed by atoms with Gasteiger partial charge in [0, 0.05) is 30.5 Å². The minimum atomic E-state index is 0.389. The maximum Gasteiger partial charge on any atom is 0.123 e. The third-order valence-corrected chi connectivity index (χ3v) is 4.34. The topological polar surface area (TPSA) is 39.5 Å². The van der Waals surface area contributed by atoms with Gasteiger partial charge in [-0.3, -0.25) is 9.58 Å². The molecule has 1 aromatic carbocycles. The molecule has 2 aromatic rings. The highest BCUT2D eigenvalue weighted by atomic mass is 16.5. The van der Waals surface area contributed by atoms with Crippen LogP contribution in [0.25, 0.3) is 0 Å². The number of likely N-dealkylation sites (tertiary alicyclic amines) is 1. The zero-order valence-electron chi connectivity index (χ0n) is 13.2. The fourth-order valence-electron chi connectivity index (χ4n) is 3.21. The second kappa shape index (κ2) is 6.83. The van der Waals surface area contributed by atoms with Crippen LogP contribution in [0.2, 0.25) is 0 Å². The minimum Gasteiger partial charge on any atom is -0.497 e.